The van der Waals surface area contributed by atoms with Gasteiger partial charge in [0.25, 0.3) is 0 Å². The van der Waals surface area contributed by atoms with Crippen LogP contribution in [0.3, 0.4) is 0 Å². The Balaban J connectivity index is 1.76. The van der Waals surface area contributed by atoms with E-state index in [2.05, 4.69) is 15.6 Å². The van der Waals surface area contributed by atoms with E-state index in [0.717, 1.165) is 23.1 Å². The summed E-state index contributed by atoms with van der Waals surface area (Å²) in [4.78, 5) is 16.8. The summed E-state index contributed by atoms with van der Waals surface area (Å²) in [6.07, 6.45) is 1.50. The summed E-state index contributed by atoms with van der Waals surface area (Å²) in [6, 6.07) is 17.2. The molecule has 0 aliphatic carbocycles. The van der Waals surface area contributed by atoms with E-state index >= 15 is 0 Å². The molecule has 0 unspecified atom stereocenters. The number of nitrogens with one attached hydrogen (secondary N) is 2. The van der Waals surface area contributed by atoms with Crippen LogP contribution in [0.1, 0.15) is 0 Å². The zero-order chi connectivity index (χ0) is 20.4. The number of benzene rings is 3. The summed E-state index contributed by atoms with van der Waals surface area (Å²) in [6.45, 7) is 0. The van der Waals surface area contributed by atoms with Crippen molar-refractivity contribution in [1.82, 2.24) is 4.98 Å². The number of carbonyl (C=O) groups is 1. The molecule has 0 atom stereocenters. The second kappa shape index (κ2) is 7.85. The number of anilines is 2. The lowest BCUT2D eigenvalue weighted by Gasteiger charge is -2.15. The van der Waals surface area contributed by atoms with E-state index < -0.39 is 23.4 Å². The van der Waals surface area contributed by atoms with Crippen molar-refractivity contribution in [3.05, 3.63) is 89.6 Å². The van der Waals surface area contributed by atoms with Gasteiger partial charge in [-0.15, -0.1) is 0 Å². The molecule has 2 amide bonds. The number of para-hydroxylation sites is 1. The van der Waals surface area contributed by atoms with Gasteiger partial charge in [-0.2, -0.15) is 0 Å². The number of carbonyl (C=O) groups excluding carboxylic acids is 1. The molecule has 1 heterocycles. The molecule has 3 aromatic carbocycles. The van der Waals surface area contributed by atoms with Gasteiger partial charge in [-0.1, -0.05) is 48.0 Å². The maximum Gasteiger partial charge on any atom is 0.323 e. The van der Waals surface area contributed by atoms with Crippen LogP contribution in [0.4, 0.5) is 25.0 Å². The zero-order valence-corrected chi connectivity index (χ0v) is 15.7. The van der Waals surface area contributed by atoms with E-state index in [0.29, 0.717) is 21.8 Å². The van der Waals surface area contributed by atoms with Crippen LogP contribution in [-0.4, -0.2) is 11.0 Å². The quantitative estimate of drug-likeness (QED) is 0.407. The van der Waals surface area contributed by atoms with Crippen LogP contribution in [0.5, 0.6) is 0 Å². The first-order valence-corrected chi connectivity index (χ1v) is 9.06. The van der Waals surface area contributed by atoms with Crippen molar-refractivity contribution in [2.75, 3.05) is 10.6 Å². The SMILES string of the molecule is O=C(Nc1cnc2ccc(Cl)cc2c1-c1ccccc1)Nc1c(F)cccc1F. The van der Waals surface area contributed by atoms with Gasteiger partial charge in [0.2, 0.25) is 0 Å². The first kappa shape index (κ1) is 18.8. The monoisotopic (exact) mass is 409 g/mol. The fourth-order valence-electron chi connectivity index (χ4n) is 3.06. The minimum Gasteiger partial charge on any atom is -0.306 e. The second-order valence-corrected chi connectivity index (χ2v) is 6.69. The fourth-order valence-corrected chi connectivity index (χ4v) is 3.23. The first-order valence-electron chi connectivity index (χ1n) is 8.68. The van der Waals surface area contributed by atoms with Crippen LogP contribution in [0.15, 0.2) is 72.9 Å². The van der Waals surface area contributed by atoms with Gasteiger partial charge in [-0.25, -0.2) is 13.6 Å². The van der Waals surface area contributed by atoms with Crippen LogP contribution < -0.4 is 10.6 Å². The Morgan fingerprint density at radius 1 is 0.897 bits per heavy atom. The number of rotatable bonds is 3. The molecule has 0 radical (unpaired) electrons. The number of aromatic nitrogens is 1. The molecule has 0 bridgehead atoms. The molecule has 4 rings (SSSR count). The van der Waals surface area contributed by atoms with Gasteiger partial charge >= 0.3 is 6.03 Å². The van der Waals surface area contributed by atoms with Crippen molar-refractivity contribution in [2.45, 2.75) is 0 Å². The molecule has 0 aliphatic heterocycles. The highest BCUT2D eigenvalue weighted by molar-refractivity contribution is 6.31. The molecule has 7 heteroatoms. The molecule has 144 valence electrons. The van der Waals surface area contributed by atoms with Crippen LogP contribution in [-0.2, 0) is 0 Å². The number of amides is 2. The van der Waals surface area contributed by atoms with E-state index in [1.807, 2.05) is 30.3 Å². The van der Waals surface area contributed by atoms with Crippen molar-refractivity contribution in [3.8, 4) is 11.1 Å². The Kier molecular flexibility index (Phi) is 5.10. The van der Waals surface area contributed by atoms with E-state index in [9.17, 15) is 13.6 Å². The number of fused-ring (bicyclic) bond motifs is 1. The standard InChI is InChI=1S/C22H14ClF2N3O/c23-14-9-10-18-15(11-14)20(13-5-2-1-3-6-13)19(12-26-18)27-22(29)28-21-16(24)7-4-8-17(21)25/h1-12H,(H2,27,28,29). The number of hydrogen-bond acceptors (Lipinski definition) is 2. The van der Waals surface area contributed by atoms with Crippen LogP contribution in [0, 0.1) is 11.6 Å². The number of pyridine rings is 1. The minimum absolute atomic E-state index is 0.375. The van der Waals surface area contributed by atoms with E-state index in [1.165, 1.54) is 12.3 Å². The van der Waals surface area contributed by atoms with Crippen LogP contribution in [0.2, 0.25) is 5.02 Å². The Morgan fingerprint density at radius 2 is 1.62 bits per heavy atom. The Morgan fingerprint density at radius 3 is 2.34 bits per heavy atom. The normalized spacial score (nSPS) is 10.7. The number of halogens is 3. The summed E-state index contributed by atoms with van der Waals surface area (Å²) < 4.78 is 27.7. The maximum absolute atomic E-state index is 13.8. The largest absolute Gasteiger partial charge is 0.323 e. The maximum atomic E-state index is 13.8. The Hall–Kier alpha value is -3.51. The van der Waals surface area contributed by atoms with Gasteiger partial charge in [-0.3, -0.25) is 4.98 Å². The molecule has 0 spiro atoms. The van der Waals surface area contributed by atoms with E-state index in [4.69, 9.17) is 11.6 Å². The van der Waals surface area contributed by atoms with E-state index in [1.54, 1.807) is 18.2 Å². The molecule has 1 aromatic heterocycles. The second-order valence-electron chi connectivity index (χ2n) is 6.25. The predicted octanol–water partition coefficient (Wildman–Crippen LogP) is 6.48. The minimum atomic E-state index is -0.869. The number of hydrogen-bond donors (Lipinski definition) is 2. The summed E-state index contributed by atoms with van der Waals surface area (Å²) in [7, 11) is 0. The van der Waals surface area contributed by atoms with Crippen molar-refractivity contribution in [2.24, 2.45) is 0 Å². The molecule has 4 aromatic rings. The van der Waals surface area contributed by atoms with Crippen LogP contribution >= 0.6 is 11.6 Å². The molecule has 0 saturated carbocycles. The highest BCUT2D eigenvalue weighted by Crippen LogP contribution is 2.35. The lowest BCUT2D eigenvalue weighted by molar-refractivity contribution is 0.262. The molecular weight excluding hydrogens is 396 g/mol. The molecule has 0 fully saturated rings. The predicted molar refractivity (Wildman–Crippen MR) is 111 cm³/mol. The van der Waals surface area contributed by atoms with Gasteiger partial charge in [0.1, 0.15) is 17.3 Å². The van der Waals surface area contributed by atoms with Gasteiger partial charge in [-0.05, 0) is 35.9 Å². The summed E-state index contributed by atoms with van der Waals surface area (Å²) in [5, 5.41) is 6.10. The van der Waals surface area contributed by atoms with Crippen molar-refractivity contribution in [3.63, 3.8) is 0 Å². The molecule has 4 nitrogen and oxygen atoms in total. The topological polar surface area (TPSA) is 54.0 Å². The van der Waals surface area contributed by atoms with Gasteiger partial charge in [0.05, 0.1) is 17.4 Å². The third-order valence-electron chi connectivity index (χ3n) is 4.34. The third-order valence-corrected chi connectivity index (χ3v) is 4.58. The fraction of sp³-hybridized carbons (Fsp3) is 0. The summed E-state index contributed by atoms with van der Waals surface area (Å²) in [5.41, 5.74) is 2.07. The lowest BCUT2D eigenvalue weighted by atomic mass is 9.99. The molecule has 2 N–H and O–H groups in total. The van der Waals surface area contributed by atoms with Crippen molar-refractivity contribution >= 4 is 39.9 Å². The average Bonchev–Trinajstić information content (AvgIpc) is 2.71. The average molecular weight is 410 g/mol. The molecular formula is C22H14ClF2N3O. The Bertz CT molecular complexity index is 1200. The molecule has 29 heavy (non-hydrogen) atoms. The van der Waals surface area contributed by atoms with Gasteiger partial charge in [0.15, 0.2) is 0 Å². The highest BCUT2D eigenvalue weighted by Gasteiger charge is 2.16. The number of urea groups is 1. The Labute approximate surface area is 170 Å². The van der Waals surface area contributed by atoms with Crippen LogP contribution in [0.25, 0.3) is 22.0 Å². The molecule has 0 saturated heterocycles. The van der Waals surface area contributed by atoms with Gasteiger partial charge in [0, 0.05) is 16.0 Å². The lowest BCUT2D eigenvalue weighted by Crippen LogP contribution is -2.21. The third kappa shape index (κ3) is 3.88. The smallest absolute Gasteiger partial charge is 0.306 e. The van der Waals surface area contributed by atoms with Gasteiger partial charge < -0.3 is 10.6 Å². The zero-order valence-electron chi connectivity index (χ0n) is 14.9. The summed E-state index contributed by atoms with van der Waals surface area (Å²) in [5.74, 6) is -1.74. The highest BCUT2D eigenvalue weighted by atomic mass is 35.5. The van der Waals surface area contributed by atoms with Crippen molar-refractivity contribution < 1.29 is 13.6 Å². The first-order chi connectivity index (χ1) is 14.0. The van der Waals surface area contributed by atoms with E-state index in [-0.39, 0.29) is 0 Å². The molecule has 0 aliphatic rings. The number of nitrogens with zero attached hydrogens (tertiary/aromatic N) is 1. The summed E-state index contributed by atoms with van der Waals surface area (Å²) >= 11 is 6.17. The van der Waals surface area contributed by atoms with Crippen molar-refractivity contribution in [1.29, 1.82) is 0 Å².